The minimum absolute atomic E-state index is 0.177. The van der Waals surface area contributed by atoms with Gasteiger partial charge in [-0.1, -0.05) is 101 Å². The van der Waals surface area contributed by atoms with Gasteiger partial charge in [0.25, 0.3) is 0 Å². The summed E-state index contributed by atoms with van der Waals surface area (Å²) in [6.45, 7) is 2.91. The third-order valence-electron chi connectivity index (χ3n) is 5.00. The van der Waals surface area contributed by atoms with E-state index in [1.165, 1.54) is 77.0 Å². The number of benzene rings is 1. The average molecular weight is 372 g/mol. The lowest BCUT2D eigenvalue weighted by Gasteiger charge is -2.05. The molecule has 0 aromatic heterocycles. The van der Waals surface area contributed by atoms with Crippen LogP contribution in [0.15, 0.2) is 42.5 Å². The summed E-state index contributed by atoms with van der Waals surface area (Å²) in [5.41, 5.74) is 1.16. The van der Waals surface area contributed by atoms with Crippen molar-refractivity contribution in [2.24, 2.45) is 0 Å². The zero-order valence-electron chi connectivity index (χ0n) is 17.6. The van der Waals surface area contributed by atoms with Gasteiger partial charge in [0.1, 0.15) is 0 Å². The summed E-state index contributed by atoms with van der Waals surface area (Å²) < 4.78 is 0. The highest BCUT2D eigenvalue weighted by Gasteiger charge is 2.01. The molecule has 0 fully saturated rings. The van der Waals surface area contributed by atoms with E-state index in [0.717, 1.165) is 12.0 Å². The maximum Gasteiger partial charge on any atom is 0.220 e. The molecule has 0 atom stereocenters. The Morgan fingerprint density at radius 3 is 1.96 bits per heavy atom. The highest BCUT2D eigenvalue weighted by Crippen LogP contribution is 2.10. The van der Waals surface area contributed by atoms with Gasteiger partial charge >= 0.3 is 0 Å². The van der Waals surface area contributed by atoms with Crippen LogP contribution in [0.4, 0.5) is 0 Å². The molecular formula is C25H41NO. The van der Waals surface area contributed by atoms with Gasteiger partial charge in [-0.25, -0.2) is 0 Å². The first-order valence-corrected chi connectivity index (χ1v) is 11.3. The number of hydrogen-bond donors (Lipinski definition) is 1. The van der Waals surface area contributed by atoms with Gasteiger partial charge < -0.3 is 5.32 Å². The molecule has 2 nitrogen and oxygen atoms in total. The fourth-order valence-corrected chi connectivity index (χ4v) is 3.24. The van der Waals surface area contributed by atoms with E-state index < -0.39 is 0 Å². The Bertz CT molecular complexity index is 480. The maximum atomic E-state index is 11.8. The van der Waals surface area contributed by atoms with Gasteiger partial charge in [-0.3, -0.25) is 4.79 Å². The van der Waals surface area contributed by atoms with E-state index in [1.54, 1.807) is 0 Å². The summed E-state index contributed by atoms with van der Waals surface area (Å²) in [5.74, 6) is 0.177. The van der Waals surface area contributed by atoms with Crippen LogP contribution in [0.1, 0.15) is 102 Å². The normalized spacial score (nSPS) is 11.1. The van der Waals surface area contributed by atoms with Crippen LogP contribution in [-0.4, -0.2) is 5.91 Å². The highest BCUT2D eigenvalue weighted by molar-refractivity contribution is 5.75. The minimum atomic E-state index is 0.177. The molecule has 1 N–H and O–H groups in total. The lowest BCUT2D eigenvalue weighted by atomic mass is 10.1. The molecule has 0 aliphatic heterocycles. The van der Waals surface area contributed by atoms with Crippen LogP contribution >= 0.6 is 0 Å². The van der Waals surface area contributed by atoms with Crippen molar-refractivity contribution >= 4 is 5.91 Å². The van der Waals surface area contributed by atoms with Gasteiger partial charge in [-0.2, -0.15) is 0 Å². The summed E-state index contributed by atoms with van der Waals surface area (Å²) >= 11 is 0. The molecule has 1 aromatic rings. The molecule has 0 radical (unpaired) electrons. The van der Waals surface area contributed by atoms with Crippen molar-refractivity contribution in [3.8, 4) is 0 Å². The first-order valence-electron chi connectivity index (χ1n) is 11.3. The molecule has 2 heteroatoms. The van der Waals surface area contributed by atoms with Crippen LogP contribution < -0.4 is 5.32 Å². The number of unbranched alkanes of at least 4 members (excludes halogenated alkanes) is 11. The summed E-state index contributed by atoms with van der Waals surface area (Å²) in [5, 5.41) is 3.00. The number of amides is 1. The van der Waals surface area contributed by atoms with Gasteiger partial charge in [-0.05, 0) is 37.7 Å². The second-order valence-electron chi connectivity index (χ2n) is 7.60. The molecule has 1 rings (SSSR count). The molecule has 0 saturated heterocycles. The number of nitrogens with one attached hydrogen (secondary N) is 1. The Kier molecular flexibility index (Phi) is 15.5. The standard InChI is InChI=1S/C25H41NO/c1-2-3-4-5-6-7-8-9-10-11-12-13-14-15-19-22-25(27)26-23-24-20-17-16-18-21-24/h9-10,16-18,20-21H,2-8,11-15,19,22-23H2,1H3,(H,26,27)/b10-9-. The molecule has 0 aliphatic rings. The van der Waals surface area contributed by atoms with Crippen LogP contribution in [0.2, 0.25) is 0 Å². The molecule has 152 valence electrons. The third-order valence-corrected chi connectivity index (χ3v) is 5.00. The number of hydrogen-bond acceptors (Lipinski definition) is 1. The topological polar surface area (TPSA) is 29.1 Å². The molecule has 0 bridgehead atoms. The van der Waals surface area contributed by atoms with Crippen molar-refractivity contribution in [3.05, 3.63) is 48.0 Å². The van der Waals surface area contributed by atoms with Crippen molar-refractivity contribution in [2.45, 2.75) is 103 Å². The maximum absolute atomic E-state index is 11.8. The molecule has 1 aromatic carbocycles. The van der Waals surface area contributed by atoms with E-state index in [4.69, 9.17) is 0 Å². The number of rotatable bonds is 17. The summed E-state index contributed by atoms with van der Waals surface area (Å²) in [4.78, 5) is 11.8. The Balaban J connectivity index is 1.82. The zero-order valence-corrected chi connectivity index (χ0v) is 17.6. The smallest absolute Gasteiger partial charge is 0.220 e. The monoisotopic (exact) mass is 371 g/mol. The lowest BCUT2D eigenvalue weighted by Crippen LogP contribution is -2.22. The predicted octanol–water partition coefficient (Wildman–Crippen LogP) is 7.34. The quantitative estimate of drug-likeness (QED) is 0.225. The summed E-state index contributed by atoms with van der Waals surface area (Å²) in [6, 6.07) is 10.1. The van der Waals surface area contributed by atoms with Crippen molar-refractivity contribution in [1.82, 2.24) is 5.32 Å². The second-order valence-corrected chi connectivity index (χ2v) is 7.60. The molecular weight excluding hydrogens is 330 g/mol. The Morgan fingerprint density at radius 1 is 0.778 bits per heavy atom. The molecule has 1 amide bonds. The Labute approximate surface area is 167 Å². The zero-order chi connectivity index (χ0) is 19.4. The molecule has 0 spiro atoms. The first-order chi connectivity index (χ1) is 13.3. The Morgan fingerprint density at radius 2 is 1.33 bits per heavy atom. The van der Waals surface area contributed by atoms with Gasteiger partial charge in [0.2, 0.25) is 5.91 Å². The van der Waals surface area contributed by atoms with E-state index >= 15 is 0 Å². The molecule has 0 aliphatic carbocycles. The Hall–Kier alpha value is -1.57. The molecule has 0 saturated carbocycles. The fraction of sp³-hybridized carbons (Fsp3) is 0.640. The minimum Gasteiger partial charge on any atom is -0.352 e. The lowest BCUT2D eigenvalue weighted by molar-refractivity contribution is -0.121. The summed E-state index contributed by atoms with van der Waals surface area (Å²) in [7, 11) is 0. The number of allylic oxidation sites excluding steroid dienone is 2. The van der Waals surface area contributed by atoms with E-state index in [2.05, 4.69) is 24.4 Å². The first kappa shape index (κ1) is 23.5. The van der Waals surface area contributed by atoms with Crippen molar-refractivity contribution in [2.75, 3.05) is 0 Å². The number of carbonyl (C=O) groups excluding carboxylic acids is 1. The van der Waals surface area contributed by atoms with Crippen LogP contribution in [0.25, 0.3) is 0 Å². The van der Waals surface area contributed by atoms with E-state index in [0.29, 0.717) is 13.0 Å². The van der Waals surface area contributed by atoms with Crippen molar-refractivity contribution in [3.63, 3.8) is 0 Å². The summed E-state index contributed by atoms with van der Waals surface area (Å²) in [6.07, 6.45) is 22.2. The third kappa shape index (κ3) is 15.2. The van der Waals surface area contributed by atoms with E-state index in [1.807, 2.05) is 30.3 Å². The molecule has 27 heavy (non-hydrogen) atoms. The van der Waals surface area contributed by atoms with Gasteiger partial charge in [0.05, 0.1) is 0 Å². The van der Waals surface area contributed by atoms with Gasteiger partial charge in [-0.15, -0.1) is 0 Å². The van der Waals surface area contributed by atoms with Crippen LogP contribution in [-0.2, 0) is 11.3 Å². The van der Waals surface area contributed by atoms with Crippen molar-refractivity contribution < 1.29 is 4.79 Å². The highest BCUT2D eigenvalue weighted by atomic mass is 16.1. The van der Waals surface area contributed by atoms with Gasteiger partial charge in [0.15, 0.2) is 0 Å². The largest absolute Gasteiger partial charge is 0.352 e. The van der Waals surface area contributed by atoms with Gasteiger partial charge in [0, 0.05) is 13.0 Å². The molecule has 0 unspecified atom stereocenters. The van der Waals surface area contributed by atoms with E-state index in [-0.39, 0.29) is 5.91 Å². The molecule has 0 heterocycles. The van der Waals surface area contributed by atoms with Crippen LogP contribution in [0.5, 0.6) is 0 Å². The number of carbonyl (C=O) groups is 1. The van der Waals surface area contributed by atoms with E-state index in [9.17, 15) is 4.79 Å². The average Bonchev–Trinajstić information content (AvgIpc) is 2.70. The predicted molar refractivity (Wildman–Crippen MR) is 118 cm³/mol. The van der Waals surface area contributed by atoms with Crippen LogP contribution in [0.3, 0.4) is 0 Å². The van der Waals surface area contributed by atoms with Crippen molar-refractivity contribution in [1.29, 1.82) is 0 Å². The second kappa shape index (κ2) is 17.8. The SMILES string of the molecule is CCCCCCCC/C=C\CCCCCCCC(=O)NCc1ccccc1. The fourth-order valence-electron chi connectivity index (χ4n) is 3.24. The van der Waals surface area contributed by atoms with Crippen LogP contribution in [0, 0.1) is 0 Å².